The number of hydrogen-bond acceptors (Lipinski definition) is 4. The molecule has 7 heteroatoms. The summed E-state index contributed by atoms with van der Waals surface area (Å²) in [6, 6.07) is 11.0. The van der Waals surface area contributed by atoms with Crippen molar-refractivity contribution in [2.45, 2.75) is 0 Å². The molecule has 0 fully saturated rings. The first kappa shape index (κ1) is 13.7. The molecule has 3 aromatic rings. The molecule has 0 spiro atoms. The Kier molecular flexibility index (Phi) is 3.78. The van der Waals surface area contributed by atoms with Crippen molar-refractivity contribution in [2.24, 2.45) is 12.1 Å². The van der Waals surface area contributed by atoms with Crippen LogP contribution in [0.4, 0.5) is 0 Å². The number of H-pyrrole nitrogens is 1. The quantitative estimate of drug-likeness (QED) is 0.565. The number of pyridine rings is 1. The predicted molar refractivity (Wildman–Crippen MR) is 82.3 cm³/mol. The lowest BCUT2D eigenvalue weighted by Gasteiger charge is -1.97. The zero-order valence-corrected chi connectivity index (χ0v) is 11.9. The first-order valence-electron chi connectivity index (χ1n) is 6.65. The Balaban J connectivity index is 1.67. The largest absolute Gasteiger partial charge is 0.349 e. The van der Waals surface area contributed by atoms with Crippen molar-refractivity contribution < 1.29 is 4.79 Å². The zero-order valence-electron chi connectivity index (χ0n) is 11.9. The molecule has 0 saturated heterocycles. The van der Waals surface area contributed by atoms with Gasteiger partial charge in [-0.25, -0.2) is 5.43 Å². The lowest BCUT2D eigenvalue weighted by molar-refractivity contribution is 0.0950. The maximum Gasteiger partial charge on any atom is 0.289 e. The summed E-state index contributed by atoms with van der Waals surface area (Å²) in [5, 5.41) is 10.7. The van der Waals surface area contributed by atoms with Gasteiger partial charge in [0.25, 0.3) is 5.91 Å². The van der Waals surface area contributed by atoms with E-state index in [1.807, 2.05) is 42.1 Å². The number of aryl methyl sites for hydroxylation is 1. The van der Waals surface area contributed by atoms with Gasteiger partial charge in [-0.1, -0.05) is 6.07 Å². The standard InChI is InChI=1S/C15H14N6O/c1-21-8-4-6-14(21)12-9-13(19-18-12)15(22)20-17-10-11-5-2-3-7-16-11/h2-10H,1H3,(H,18,19)(H,20,22)/b17-10+. The van der Waals surface area contributed by atoms with Crippen LogP contribution in [0, 0.1) is 0 Å². The number of nitrogens with zero attached hydrogens (tertiary/aromatic N) is 4. The fourth-order valence-electron chi connectivity index (χ4n) is 1.97. The Morgan fingerprint density at radius 2 is 2.27 bits per heavy atom. The zero-order chi connectivity index (χ0) is 15.4. The third kappa shape index (κ3) is 2.93. The van der Waals surface area contributed by atoms with E-state index in [9.17, 15) is 4.79 Å². The Morgan fingerprint density at radius 3 is 3.00 bits per heavy atom. The molecule has 0 aliphatic rings. The number of hydrogen-bond donors (Lipinski definition) is 2. The van der Waals surface area contributed by atoms with Gasteiger partial charge in [0.05, 0.1) is 17.6 Å². The molecule has 0 aromatic carbocycles. The molecule has 110 valence electrons. The van der Waals surface area contributed by atoms with Crippen LogP contribution in [-0.4, -0.2) is 31.9 Å². The number of aromatic nitrogens is 4. The number of rotatable bonds is 4. The highest BCUT2D eigenvalue weighted by molar-refractivity contribution is 5.93. The minimum absolute atomic E-state index is 0.342. The maximum absolute atomic E-state index is 12.0. The monoisotopic (exact) mass is 294 g/mol. The summed E-state index contributed by atoms with van der Waals surface area (Å²) in [5.41, 5.74) is 5.06. The van der Waals surface area contributed by atoms with E-state index in [1.165, 1.54) is 6.21 Å². The Hall–Kier alpha value is -3.22. The number of amides is 1. The second-order valence-corrected chi connectivity index (χ2v) is 4.62. The number of nitrogens with one attached hydrogen (secondary N) is 2. The third-order valence-corrected chi connectivity index (χ3v) is 3.08. The topological polar surface area (TPSA) is 88.0 Å². The molecule has 0 aliphatic heterocycles. The minimum Gasteiger partial charge on any atom is -0.349 e. The molecule has 3 aromatic heterocycles. The summed E-state index contributed by atoms with van der Waals surface area (Å²) in [7, 11) is 1.92. The molecule has 0 bridgehead atoms. The lowest BCUT2D eigenvalue weighted by Crippen LogP contribution is -2.18. The highest BCUT2D eigenvalue weighted by Gasteiger charge is 2.11. The molecule has 1 amide bonds. The van der Waals surface area contributed by atoms with Gasteiger partial charge in [-0.05, 0) is 30.3 Å². The van der Waals surface area contributed by atoms with Crippen molar-refractivity contribution in [3.05, 3.63) is 60.2 Å². The fraction of sp³-hybridized carbons (Fsp3) is 0.0667. The summed E-state index contributed by atoms with van der Waals surface area (Å²) in [6.07, 6.45) is 5.05. The van der Waals surface area contributed by atoms with Crippen LogP contribution >= 0.6 is 0 Å². The van der Waals surface area contributed by atoms with Gasteiger partial charge in [-0.15, -0.1) is 0 Å². The summed E-state index contributed by atoms with van der Waals surface area (Å²) >= 11 is 0. The van der Waals surface area contributed by atoms with Gasteiger partial charge >= 0.3 is 0 Å². The molecule has 0 unspecified atom stereocenters. The van der Waals surface area contributed by atoms with Crippen LogP contribution in [0.2, 0.25) is 0 Å². The van der Waals surface area contributed by atoms with Crippen molar-refractivity contribution in [2.75, 3.05) is 0 Å². The van der Waals surface area contributed by atoms with Crippen LogP contribution in [0.25, 0.3) is 11.4 Å². The van der Waals surface area contributed by atoms with E-state index in [0.29, 0.717) is 17.1 Å². The molecule has 3 heterocycles. The number of carbonyl (C=O) groups excluding carboxylic acids is 1. The van der Waals surface area contributed by atoms with Crippen LogP contribution in [0.15, 0.2) is 53.9 Å². The summed E-state index contributed by atoms with van der Waals surface area (Å²) < 4.78 is 1.93. The van der Waals surface area contributed by atoms with Crippen LogP contribution in [0.5, 0.6) is 0 Å². The molecule has 7 nitrogen and oxygen atoms in total. The fourth-order valence-corrected chi connectivity index (χ4v) is 1.97. The molecular formula is C15H14N6O. The van der Waals surface area contributed by atoms with Crippen molar-refractivity contribution in [3.63, 3.8) is 0 Å². The summed E-state index contributed by atoms with van der Waals surface area (Å²) in [5.74, 6) is -0.361. The van der Waals surface area contributed by atoms with Gasteiger partial charge in [0.1, 0.15) is 11.4 Å². The van der Waals surface area contributed by atoms with Crippen LogP contribution in [0.3, 0.4) is 0 Å². The van der Waals surface area contributed by atoms with E-state index >= 15 is 0 Å². The van der Waals surface area contributed by atoms with Crippen molar-refractivity contribution in [3.8, 4) is 11.4 Å². The van der Waals surface area contributed by atoms with Gasteiger partial charge in [0.15, 0.2) is 0 Å². The van der Waals surface area contributed by atoms with Gasteiger partial charge < -0.3 is 4.57 Å². The minimum atomic E-state index is -0.361. The second-order valence-electron chi connectivity index (χ2n) is 4.62. The van der Waals surface area contributed by atoms with Crippen molar-refractivity contribution in [1.29, 1.82) is 0 Å². The number of aromatic amines is 1. The van der Waals surface area contributed by atoms with E-state index in [-0.39, 0.29) is 5.91 Å². The molecule has 0 radical (unpaired) electrons. The number of carbonyl (C=O) groups is 1. The summed E-state index contributed by atoms with van der Waals surface area (Å²) in [6.45, 7) is 0. The average Bonchev–Trinajstić information content (AvgIpc) is 3.17. The van der Waals surface area contributed by atoms with E-state index in [0.717, 1.165) is 5.69 Å². The first-order chi connectivity index (χ1) is 10.7. The van der Waals surface area contributed by atoms with Gasteiger partial charge in [0.2, 0.25) is 0 Å². The highest BCUT2D eigenvalue weighted by Crippen LogP contribution is 2.17. The molecular weight excluding hydrogens is 280 g/mol. The molecule has 2 N–H and O–H groups in total. The van der Waals surface area contributed by atoms with Crippen LogP contribution < -0.4 is 5.43 Å². The SMILES string of the molecule is Cn1cccc1-c1cc(C(=O)N/N=C/c2ccccn2)[nH]n1. The van der Waals surface area contributed by atoms with E-state index in [1.54, 1.807) is 18.3 Å². The summed E-state index contributed by atoms with van der Waals surface area (Å²) in [4.78, 5) is 16.1. The molecule has 0 saturated carbocycles. The Morgan fingerprint density at radius 1 is 1.36 bits per heavy atom. The molecule has 0 aliphatic carbocycles. The highest BCUT2D eigenvalue weighted by atomic mass is 16.2. The first-order valence-corrected chi connectivity index (χ1v) is 6.65. The Bertz CT molecular complexity index is 802. The molecule has 0 atom stereocenters. The average molecular weight is 294 g/mol. The smallest absolute Gasteiger partial charge is 0.289 e. The van der Waals surface area contributed by atoms with E-state index < -0.39 is 0 Å². The second kappa shape index (κ2) is 6.04. The number of hydrazone groups is 1. The van der Waals surface area contributed by atoms with Gasteiger partial charge in [0, 0.05) is 19.4 Å². The molecule has 3 rings (SSSR count). The van der Waals surface area contributed by atoms with E-state index in [2.05, 4.69) is 25.7 Å². The maximum atomic E-state index is 12.0. The predicted octanol–water partition coefficient (Wildman–Crippen LogP) is 1.57. The lowest BCUT2D eigenvalue weighted by atomic mass is 10.3. The molecule has 22 heavy (non-hydrogen) atoms. The van der Waals surface area contributed by atoms with Crippen LogP contribution in [-0.2, 0) is 7.05 Å². The third-order valence-electron chi connectivity index (χ3n) is 3.08. The van der Waals surface area contributed by atoms with Crippen molar-refractivity contribution in [1.82, 2.24) is 25.2 Å². The van der Waals surface area contributed by atoms with Gasteiger partial charge in [-0.2, -0.15) is 10.2 Å². The Labute approximate surface area is 126 Å². The normalized spacial score (nSPS) is 11.0. The van der Waals surface area contributed by atoms with Gasteiger partial charge in [-0.3, -0.25) is 14.9 Å². The van der Waals surface area contributed by atoms with Crippen molar-refractivity contribution >= 4 is 12.1 Å². The van der Waals surface area contributed by atoms with Crippen LogP contribution in [0.1, 0.15) is 16.2 Å². The van der Waals surface area contributed by atoms with E-state index in [4.69, 9.17) is 0 Å².